The second-order valence-corrected chi connectivity index (χ2v) is 7.16. The van der Waals surface area contributed by atoms with Crippen LogP contribution in [0.5, 0.6) is 11.5 Å². The van der Waals surface area contributed by atoms with Gasteiger partial charge in [-0.15, -0.1) is 0 Å². The molecule has 0 aliphatic carbocycles. The van der Waals surface area contributed by atoms with E-state index in [-0.39, 0.29) is 11.7 Å². The summed E-state index contributed by atoms with van der Waals surface area (Å²) in [5.41, 5.74) is 1.20. The first kappa shape index (κ1) is 18.8. The number of halogens is 2. The smallest absolute Gasteiger partial charge is 0.204 e. The van der Waals surface area contributed by atoms with Crippen molar-refractivity contribution in [3.05, 3.63) is 95.3 Å². The molecule has 144 valence electrons. The summed E-state index contributed by atoms with van der Waals surface area (Å²) >= 11 is 5.95. The van der Waals surface area contributed by atoms with Crippen molar-refractivity contribution in [3.8, 4) is 11.5 Å². The van der Waals surface area contributed by atoms with E-state index in [4.69, 9.17) is 25.8 Å². The van der Waals surface area contributed by atoms with Crippen LogP contribution in [0.25, 0.3) is 0 Å². The zero-order chi connectivity index (χ0) is 19.3. The number of rotatable bonds is 5. The second-order valence-electron chi connectivity index (χ2n) is 6.72. The molecule has 3 aromatic rings. The maximum atomic E-state index is 13.5. The van der Waals surface area contributed by atoms with E-state index in [1.165, 1.54) is 17.7 Å². The maximum absolute atomic E-state index is 13.5. The van der Waals surface area contributed by atoms with Crippen molar-refractivity contribution in [1.29, 1.82) is 0 Å². The zero-order valence-corrected chi connectivity index (χ0v) is 15.9. The molecule has 1 aliphatic heterocycles. The highest BCUT2D eigenvalue weighted by Gasteiger charge is 2.33. The minimum atomic E-state index is -0.543. The third-order valence-electron chi connectivity index (χ3n) is 4.67. The van der Waals surface area contributed by atoms with Gasteiger partial charge >= 0.3 is 0 Å². The highest BCUT2D eigenvalue weighted by Crippen LogP contribution is 2.35. The molecule has 5 heteroatoms. The van der Waals surface area contributed by atoms with Crippen molar-refractivity contribution >= 4 is 11.6 Å². The largest absolute Gasteiger partial charge is 0.465 e. The molecule has 3 nitrogen and oxygen atoms in total. The van der Waals surface area contributed by atoms with Crippen LogP contribution in [0.3, 0.4) is 0 Å². The molecular weight excluding hydrogens is 379 g/mol. The van der Waals surface area contributed by atoms with Gasteiger partial charge in [-0.2, -0.15) is 0 Å². The molecular formula is C23H20ClFO3. The van der Waals surface area contributed by atoms with Gasteiger partial charge in [0.2, 0.25) is 12.6 Å². The first-order valence-corrected chi connectivity index (χ1v) is 9.58. The predicted molar refractivity (Wildman–Crippen MR) is 106 cm³/mol. The molecule has 0 N–H and O–H groups in total. The summed E-state index contributed by atoms with van der Waals surface area (Å²) < 4.78 is 31.5. The Labute approximate surface area is 168 Å². The second kappa shape index (κ2) is 8.63. The molecule has 0 saturated carbocycles. The van der Waals surface area contributed by atoms with Gasteiger partial charge in [-0.25, -0.2) is 4.39 Å². The molecule has 4 rings (SSSR count). The van der Waals surface area contributed by atoms with Crippen molar-refractivity contribution in [3.63, 3.8) is 0 Å². The van der Waals surface area contributed by atoms with Crippen LogP contribution in [0.4, 0.5) is 4.39 Å². The van der Waals surface area contributed by atoms with Crippen molar-refractivity contribution in [1.82, 2.24) is 0 Å². The van der Waals surface area contributed by atoms with Crippen LogP contribution in [-0.2, 0) is 4.74 Å². The van der Waals surface area contributed by atoms with Gasteiger partial charge < -0.3 is 14.2 Å². The molecule has 3 aromatic carbocycles. The fourth-order valence-corrected chi connectivity index (χ4v) is 3.47. The Balaban J connectivity index is 1.52. The third-order valence-corrected chi connectivity index (χ3v) is 4.93. The van der Waals surface area contributed by atoms with Gasteiger partial charge in [-0.3, -0.25) is 0 Å². The van der Waals surface area contributed by atoms with E-state index in [1.807, 2.05) is 18.2 Å². The summed E-state index contributed by atoms with van der Waals surface area (Å²) in [5, 5.41) is 0.645. The lowest BCUT2D eigenvalue weighted by atomic mass is 9.90. The van der Waals surface area contributed by atoms with Crippen LogP contribution in [0.1, 0.15) is 24.3 Å². The predicted octanol–water partition coefficient (Wildman–Crippen LogP) is 6.18. The molecule has 28 heavy (non-hydrogen) atoms. The average Bonchev–Trinajstić information content (AvgIpc) is 2.70. The molecule has 1 saturated heterocycles. The fraction of sp³-hybridized carbons (Fsp3) is 0.217. The Bertz CT molecular complexity index is 901. The highest BCUT2D eigenvalue weighted by atomic mass is 35.5. The monoisotopic (exact) mass is 398 g/mol. The average molecular weight is 399 g/mol. The van der Waals surface area contributed by atoms with Crippen molar-refractivity contribution < 1.29 is 18.6 Å². The third kappa shape index (κ3) is 4.83. The lowest BCUT2D eigenvalue weighted by molar-refractivity contribution is -0.215. The number of hydrogen-bond donors (Lipinski definition) is 0. The lowest BCUT2D eigenvalue weighted by Gasteiger charge is -2.35. The molecule has 3 unspecified atom stereocenters. The highest BCUT2D eigenvalue weighted by molar-refractivity contribution is 6.30. The normalized spacial score (nSPS) is 21.9. The molecule has 3 atom stereocenters. The molecule has 1 fully saturated rings. The van der Waals surface area contributed by atoms with Crippen LogP contribution in [0.2, 0.25) is 5.02 Å². The van der Waals surface area contributed by atoms with Gasteiger partial charge in [0, 0.05) is 23.9 Å². The Morgan fingerprint density at radius 2 is 1.46 bits per heavy atom. The molecule has 0 aromatic heterocycles. The topological polar surface area (TPSA) is 27.7 Å². The number of ether oxygens (including phenoxy) is 3. The van der Waals surface area contributed by atoms with E-state index in [0.29, 0.717) is 29.4 Å². The molecule has 0 bridgehead atoms. The molecule has 1 heterocycles. The Hall–Kier alpha value is -2.56. The van der Waals surface area contributed by atoms with Gasteiger partial charge in [0.15, 0.2) is 0 Å². The van der Waals surface area contributed by atoms with Gasteiger partial charge in [-0.05, 0) is 47.9 Å². The number of benzene rings is 3. The van der Waals surface area contributed by atoms with Gasteiger partial charge in [-0.1, -0.05) is 48.0 Å². The standard InChI is InChI=1S/C23H20ClFO3/c24-18-9-11-20(12-10-18)26-22-13-17(16-5-2-1-3-6-16)14-23(28-22)27-21-8-4-7-19(25)15-21/h1-12,15,17,22-23H,13-14H2. The van der Waals surface area contributed by atoms with E-state index in [0.717, 1.165) is 0 Å². The lowest BCUT2D eigenvalue weighted by Crippen LogP contribution is -2.38. The van der Waals surface area contributed by atoms with Crippen molar-refractivity contribution in [2.45, 2.75) is 31.3 Å². The van der Waals surface area contributed by atoms with Crippen LogP contribution in [0.15, 0.2) is 78.9 Å². The molecule has 0 amide bonds. The summed E-state index contributed by atoms with van der Waals surface area (Å²) in [6.07, 6.45) is 0.313. The minimum absolute atomic E-state index is 0.200. The summed E-state index contributed by atoms with van der Waals surface area (Å²) in [4.78, 5) is 0. The van der Waals surface area contributed by atoms with Crippen LogP contribution in [-0.4, -0.2) is 12.6 Å². The first-order chi connectivity index (χ1) is 13.7. The van der Waals surface area contributed by atoms with E-state index in [2.05, 4.69) is 12.1 Å². The van der Waals surface area contributed by atoms with Crippen LogP contribution in [0, 0.1) is 5.82 Å². The number of hydrogen-bond acceptors (Lipinski definition) is 3. The van der Waals surface area contributed by atoms with Crippen molar-refractivity contribution in [2.24, 2.45) is 0 Å². The van der Waals surface area contributed by atoms with E-state index in [9.17, 15) is 4.39 Å². The van der Waals surface area contributed by atoms with E-state index >= 15 is 0 Å². The Morgan fingerprint density at radius 1 is 0.786 bits per heavy atom. The molecule has 0 spiro atoms. The Kier molecular flexibility index (Phi) is 5.79. The quantitative estimate of drug-likeness (QED) is 0.513. The van der Waals surface area contributed by atoms with Crippen molar-refractivity contribution in [2.75, 3.05) is 0 Å². The minimum Gasteiger partial charge on any atom is -0.465 e. The summed E-state index contributed by atoms with van der Waals surface area (Å²) in [6.45, 7) is 0. The first-order valence-electron chi connectivity index (χ1n) is 9.20. The van der Waals surface area contributed by atoms with Crippen LogP contribution >= 0.6 is 11.6 Å². The van der Waals surface area contributed by atoms with Crippen LogP contribution < -0.4 is 9.47 Å². The zero-order valence-electron chi connectivity index (χ0n) is 15.1. The van der Waals surface area contributed by atoms with E-state index < -0.39 is 12.6 Å². The van der Waals surface area contributed by atoms with Gasteiger partial charge in [0.1, 0.15) is 17.3 Å². The summed E-state index contributed by atoms with van der Waals surface area (Å²) in [5.74, 6) is 0.962. The SMILES string of the molecule is Fc1cccc(OC2CC(c3ccccc3)CC(Oc3ccc(Cl)cc3)O2)c1. The Morgan fingerprint density at radius 3 is 2.14 bits per heavy atom. The maximum Gasteiger partial charge on any atom is 0.204 e. The van der Waals surface area contributed by atoms with E-state index in [1.54, 1.807) is 36.4 Å². The fourth-order valence-electron chi connectivity index (χ4n) is 3.35. The van der Waals surface area contributed by atoms with Gasteiger partial charge in [0.25, 0.3) is 0 Å². The van der Waals surface area contributed by atoms with Gasteiger partial charge in [0.05, 0.1) is 0 Å². The summed E-state index contributed by atoms with van der Waals surface area (Å²) in [7, 11) is 0. The molecule has 1 aliphatic rings. The molecule has 0 radical (unpaired) electrons. The summed E-state index contributed by atoms with van der Waals surface area (Å²) in [6, 6.07) is 23.4.